The molecule has 1 aliphatic rings. The zero-order valence-electron chi connectivity index (χ0n) is 15.5. The van der Waals surface area contributed by atoms with E-state index < -0.39 is 6.04 Å². The van der Waals surface area contributed by atoms with Crippen LogP contribution in [0.1, 0.15) is 12.0 Å². The quantitative estimate of drug-likeness (QED) is 0.594. The second kappa shape index (κ2) is 9.80. The maximum absolute atomic E-state index is 14.0. The van der Waals surface area contributed by atoms with E-state index in [9.17, 15) is 14.0 Å². The van der Waals surface area contributed by atoms with Crippen molar-refractivity contribution in [1.29, 1.82) is 0 Å². The normalized spacial score (nSPS) is 17.0. The number of carbonyl (C=O) groups excluding carboxylic acids is 2. The van der Waals surface area contributed by atoms with Gasteiger partial charge in [-0.25, -0.2) is 4.39 Å². The Bertz CT molecular complexity index is 802. The fraction of sp³-hybridized carbons (Fsp3) is 0.350. The number of pyridine rings is 1. The van der Waals surface area contributed by atoms with E-state index in [-0.39, 0.29) is 24.1 Å². The summed E-state index contributed by atoms with van der Waals surface area (Å²) >= 11 is 0. The lowest BCUT2D eigenvalue weighted by molar-refractivity contribution is -0.134. The van der Waals surface area contributed by atoms with Crippen LogP contribution in [0.2, 0.25) is 0 Å². The molecule has 0 radical (unpaired) electrons. The molecule has 148 valence electrons. The van der Waals surface area contributed by atoms with Gasteiger partial charge < -0.3 is 16.0 Å². The second-order valence-corrected chi connectivity index (χ2v) is 6.59. The Labute approximate surface area is 163 Å². The zero-order chi connectivity index (χ0) is 19.8. The van der Waals surface area contributed by atoms with Gasteiger partial charge in [0.25, 0.3) is 0 Å². The second-order valence-electron chi connectivity index (χ2n) is 6.59. The molecule has 7 nitrogen and oxygen atoms in total. The lowest BCUT2D eigenvalue weighted by Crippen LogP contribution is -2.56. The van der Waals surface area contributed by atoms with Crippen molar-refractivity contribution < 1.29 is 14.0 Å². The summed E-state index contributed by atoms with van der Waals surface area (Å²) in [4.78, 5) is 30.4. The summed E-state index contributed by atoms with van der Waals surface area (Å²) in [5.41, 5.74) is 1.39. The molecular weight excluding hydrogens is 361 g/mol. The zero-order valence-corrected chi connectivity index (χ0v) is 15.5. The largest absolute Gasteiger partial charge is 0.382 e. The molecule has 2 amide bonds. The van der Waals surface area contributed by atoms with Crippen LogP contribution in [0.5, 0.6) is 0 Å². The Kier molecular flexibility index (Phi) is 6.91. The standard InChI is InChI=1S/C20H24FN5O2/c21-17-6-2-1-4-15(17)14-26-11-10-25-20(28)18(26)12-19(27)24-9-8-23-16-5-3-7-22-13-16/h1-7,13,18,23H,8-12,14H2,(H,24,27)(H,25,28)/t18-/m0/s1. The molecule has 1 aliphatic heterocycles. The van der Waals surface area contributed by atoms with Gasteiger partial charge in [-0.1, -0.05) is 18.2 Å². The van der Waals surface area contributed by atoms with Crippen molar-refractivity contribution in [2.75, 3.05) is 31.5 Å². The predicted molar refractivity (Wildman–Crippen MR) is 104 cm³/mol. The number of nitrogens with zero attached hydrogens (tertiary/aromatic N) is 2. The van der Waals surface area contributed by atoms with Gasteiger partial charge in [0.2, 0.25) is 11.8 Å². The maximum Gasteiger partial charge on any atom is 0.237 e. The molecule has 1 saturated heterocycles. The Balaban J connectivity index is 1.50. The van der Waals surface area contributed by atoms with E-state index in [4.69, 9.17) is 0 Å². The molecule has 1 atom stereocenters. The third-order valence-electron chi connectivity index (χ3n) is 4.59. The Hall–Kier alpha value is -3.00. The molecule has 1 aromatic heterocycles. The van der Waals surface area contributed by atoms with Gasteiger partial charge in [-0.05, 0) is 18.2 Å². The molecule has 1 aromatic carbocycles. The number of hydrogen-bond acceptors (Lipinski definition) is 5. The fourth-order valence-electron chi connectivity index (χ4n) is 3.14. The van der Waals surface area contributed by atoms with E-state index in [1.807, 2.05) is 17.0 Å². The minimum atomic E-state index is -0.611. The first-order valence-electron chi connectivity index (χ1n) is 9.29. The van der Waals surface area contributed by atoms with Crippen LogP contribution in [-0.4, -0.2) is 53.9 Å². The highest BCUT2D eigenvalue weighted by molar-refractivity contribution is 5.88. The van der Waals surface area contributed by atoms with Crippen molar-refractivity contribution in [3.8, 4) is 0 Å². The number of anilines is 1. The summed E-state index contributed by atoms with van der Waals surface area (Å²) in [6.45, 7) is 2.32. The van der Waals surface area contributed by atoms with Gasteiger partial charge in [-0.15, -0.1) is 0 Å². The van der Waals surface area contributed by atoms with E-state index in [0.717, 1.165) is 5.69 Å². The Morgan fingerprint density at radius 1 is 1.25 bits per heavy atom. The molecule has 0 aliphatic carbocycles. The third-order valence-corrected chi connectivity index (χ3v) is 4.59. The van der Waals surface area contributed by atoms with Crippen LogP contribution in [0.25, 0.3) is 0 Å². The van der Waals surface area contributed by atoms with E-state index >= 15 is 0 Å². The van der Waals surface area contributed by atoms with Gasteiger partial charge in [-0.2, -0.15) is 0 Å². The monoisotopic (exact) mass is 385 g/mol. The number of piperazine rings is 1. The molecule has 0 saturated carbocycles. The van der Waals surface area contributed by atoms with Crippen molar-refractivity contribution in [3.05, 3.63) is 60.2 Å². The van der Waals surface area contributed by atoms with Crippen molar-refractivity contribution in [1.82, 2.24) is 20.5 Å². The Morgan fingerprint density at radius 3 is 2.89 bits per heavy atom. The number of benzene rings is 1. The van der Waals surface area contributed by atoms with Crippen LogP contribution in [0.3, 0.4) is 0 Å². The van der Waals surface area contributed by atoms with Crippen molar-refractivity contribution in [2.45, 2.75) is 19.0 Å². The van der Waals surface area contributed by atoms with Crippen LogP contribution >= 0.6 is 0 Å². The first-order valence-corrected chi connectivity index (χ1v) is 9.29. The highest BCUT2D eigenvalue weighted by Gasteiger charge is 2.31. The number of carbonyl (C=O) groups is 2. The lowest BCUT2D eigenvalue weighted by Gasteiger charge is -2.34. The van der Waals surface area contributed by atoms with Gasteiger partial charge in [0.15, 0.2) is 0 Å². The number of hydrogen-bond donors (Lipinski definition) is 3. The van der Waals surface area contributed by atoms with Gasteiger partial charge >= 0.3 is 0 Å². The van der Waals surface area contributed by atoms with Crippen LogP contribution in [0.4, 0.5) is 10.1 Å². The van der Waals surface area contributed by atoms with Crippen LogP contribution in [-0.2, 0) is 16.1 Å². The van der Waals surface area contributed by atoms with Crippen molar-refractivity contribution in [3.63, 3.8) is 0 Å². The first-order chi connectivity index (χ1) is 13.6. The molecule has 1 fully saturated rings. The van der Waals surface area contributed by atoms with Crippen LogP contribution < -0.4 is 16.0 Å². The molecule has 8 heteroatoms. The maximum atomic E-state index is 14.0. The van der Waals surface area contributed by atoms with E-state index in [0.29, 0.717) is 38.3 Å². The molecule has 28 heavy (non-hydrogen) atoms. The summed E-state index contributed by atoms with van der Waals surface area (Å²) in [6, 6.07) is 9.60. The van der Waals surface area contributed by atoms with Crippen LogP contribution in [0, 0.1) is 5.82 Å². The Morgan fingerprint density at radius 2 is 2.11 bits per heavy atom. The topological polar surface area (TPSA) is 86.4 Å². The van der Waals surface area contributed by atoms with Gasteiger partial charge in [0.1, 0.15) is 5.82 Å². The average Bonchev–Trinajstić information content (AvgIpc) is 2.70. The molecule has 2 heterocycles. The van der Waals surface area contributed by atoms with Gasteiger partial charge in [0.05, 0.1) is 18.2 Å². The predicted octanol–water partition coefficient (Wildman–Crippen LogP) is 1.14. The SMILES string of the molecule is O=C(C[C@H]1C(=O)NCCN1Cc1ccccc1F)NCCNc1cccnc1. The molecule has 2 aromatic rings. The average molecular weight is 385 g/mol. The fourth-order valence-corrected chi connectivity index (χ4v) is 3.14. The number of amides is 2. The minimum absolute atomic E-state index is 0.0349. The van der Waals surface area contributed by atoms with E-state index in [2.05, 4.69) is 20.9 Å². The summed E-state index contributed by atoms with van der Waals surface area (Å²) in [5.74, 6) is -0.724. The highest BCUT2D eigenvalue weighted by Crippen LogP contribution is 2.16. The number of nitrogens with one attached hydrogen (secondary N) is 3. The highest BCUT2D eigenvalue weighted by atomic mass is 19.1. The van der Waals surface area contributed by atoms with Crippen molar-refractivity contribution >= 4 is 17.5 Å². The summed E-state index contributed by atoms with van der Waals surface area (Å²) in [7, 11) is 0. The van der Waals surface area contributed by atoms with E-state index in [1.54, 1.807) is 30.6 Å². The molecule has 0 bridgehead atoms. The third kappa shape index (κ3) is 5.50. The minimum Gasteiger partial charge on any atom is -0.382 e. The number of halogens is 1. The van der Waals surface area contributed by atoms with Gasteiger partial charge in [-0.3, -0.25) is 19.5 Å². The number of rotatable bonds is 8. The summed E-state index contributed by atoms with van der Waals surface area (Å²) in [5, 5.41) is 8.75. The smallest absolute Gasteiger partial charge is 0.237 e. The van der Waals surface area contributed by atoms with Crippen LogP contribution in [0.15, 0.2) is 48.8 Å². The summed E-state index contributed by atoms with van der Waals surface area (Å²) in [6.07, 6.45) is 3.43. The van der Waals surface area contributed by atoms with Crippen molar-refractivity contribution in [2.24, 2.45) is 0 Å². The van der Waals surface area contributed by atoms with Gasteiger partial charge in [0, 0.05) is 50.7 Å². The summed E-state index contributed by atoms with van der Waals surface area (Å²) < 4.78 is 14.0. The molecule has 0 spiro atoms. The molecule has 3 N–H and O–H groups in total. The first kappa shape index (κ1) is 19.8. The molecular formula is C20H24FN5O2. The molecule has 0 unspecified atom stereocenters. The molecule has 3 rings (SSSR count). The van der Waals surface area contributed by atoms with E-state index in [1.165, 1.54) is 6.07 Å². The lowest BCUT2D eigenvalue weighted by atomic mass is 10.1. The number of aromatic nitrogens is 1.